The number of carbonyl (C=O) groups excluding carboxylic acids is 1. The van der Waals surface area contributed by atoms with Crippen molar-refractivity contribution in [3.63, 3.8) is 0 Å². The lowest BCUT2D eigenvalue weighted by Crippen LogP contribution is -2.45. The monoisotopic (exact) mass is 278 g/mol. The molecule has 0 fully saturated rings. The number of hydrogen-bond acceptors (Lipinski definition) is 4. The maximum atomic E-state index is 11.5. The molecule has 0 aromatic heterocycles. The van der Waals surface area contributed by atoms with Gasteiger partial charge in [0.1, 0.15) is 5.54 Å². The zero-order valence-electron chi connectivity index (χ0n) is 13.0. The first-order chi connectivity index (χ1) is 9.36. The first kappa shape index (κ1) is 16.5. The Hall–Kier alpha value is -1.55. The normalized spacial score (nSPS) is 13.7. The topological polar surface area (TPSA) is 55.6 Å². The maximum Gasteiger partial charge on any atom is 0.325 e. The lowest BCUT2D eigenvalue weighted by atomic mass is 9.96. The Bertz CT molecular complexity index is 427. The van der Waals surface area contributed by atoms with E-state index in [0.29, 0.717) is 6.42 Å². The molecule has 1 unspecified atom stereocenters. The summed E-state index contributed by atoms with van der Waals surface area (Å²) in [6.07, 6.45) is 2.54. The number of hydrogen-bond donors (Lipinski definition) is 1. The lowest BCUT2D eigenvalue weighted by Gasteiger charge is -2.23. The predicted molar refractivity (Wildman–Crippen MR) is 82.9 cm³/mol. The average Bonchev–Trinajstić information content (AvgIpc) is 2.43. The van der Waals surface area contributed by atoms with Crippen molar-refractivity contribution in [2.45, 2.75) is 38.6 Å². The van der Waals surface area contributed by atoms with E-state index < -0.39 is 5.54 Å². The van der Waals surface area contributed by atoms with E-state index in [1.807, 2.05) is 0 Å². The number of nitrogens with zero attached hydrogens (tertiary/aromatic N) is 1. The van der Waals surface area contributed by atoms with E-state index in [2.05, 4.69) is 43.1 Å². The quantitative estimate of drug-likeness (QED) is 0.615. The molecular weight excluding hydrogens is 252 g/mol. The molecule has 4 heteroatoms. The highest BCUT2D eigenvalue weighted by Gasteiger charge is 2.28. The van der Waals surface area contributed by atoms with Crippen molar-refractivity contribution >= 4 is 11.7 Å². The largest absolute Gasteiger partial charge is 0.468 e. The standard InChI is InChI=1S/C16H26N2O2/c1-13-7-9-14(10-8-13)18(3)12-6-5-11-16(2,17)15(19)20-4/h7-10H,5-6,11-12,17H2,1-4H3. The van der Waals surface area contributed by atoms with Gasteiger partial charge in [0, 0.05) is 19.3 Å². The van der Waals surface area contributed by atoms with Gasteiger partial charge in [0.05, 0.1) is 7.11 Å². The van der Waals surface area contributed by atoms with Gasteiger partial charge in [0.2, 0.25) is 0 Å². The second-order valence-electron chi connectivity index (χ2n) is 5.62. The predicted octanol–water partition coefficient (Wildman–Crippen LogP) is 2.49. The minimum atomic E-state index is -0.878. The number of ether oxygens (including phenoxy) is 1. The SMILES string of the molecule is COC(=O)C(C)(N)CCCCN(C)c1ccc(C)cc1. The summed E-state index contributed by atoms with van der Waals surface area (Å²) in [6.45, 7) is 4.75. The molecule has 0 saturated carbocycles. The molecule has 112 valence electrons. The van der Waals surface area contributed by atoms with Crippen LogP contribution >= 0.6 is 0 Å². The summed E-state index contributed by atoms with van der Waals surface area (Å²) in [5.41, 5.74) is 7.52. The molecule has 1 atom stereocenters. The highest BCUT2D eigenvalue weighted by atomic mass is 16.5. The van der Waals surface area contributed by atoms with Gasteiger partial charge in [0.25, 0.3) is 0 Å². The van der Waals surface area contributed by atoms with Crippen molar-refractivity contribution in [2.75, 3.05) is 25.6 Å². The van der Waals surface area contributed by atoms with Crippen molar-refractivity contribution in [1.29, 1.82) is 0 Å². The summed E-state index contributed by atoms with van der Waals surface area (Å²) < 4.78 is 4.70. The van der Waals surface area contributed by atoms with Crippen molar-refractivity contribution in [2.24, 2.45) is 5.73 Å². The Morgan fingerprint density at radius 3 is 2.45 bits per heavy atom. The van der Waals surface area contributed by atoms with E-state index in [1.165, 1.54) is 18.4 Å². The van der Waals surface area contributed by atoms with Crippen LogP contribution in [-0.2, 0) is 9.53 Å². The van der Waals surface area contributed by atoms with Crippen LogP contribution in [-0.4, -0.2) is 32.2 Å². The lowest BCUT2D eigenvalue weighted by molar-refractivity contribution is -0.146. The van der Waals surface area contributed by atoms with Gasteiger partial charge in [-0.2, -0.15) is 0 Å². The molecule has 2 N–H and O–H groups in total. The number of nitrogens with two attached hydrogens (primary N) is 1. The third-order valence-corrected chi connectivity index (χ3v) is 3.57. The molecule has 0 saturated heterocycles. The van der Waals surface area contributed by atoms with Gasteiger partial charge in [-0.25, -0.2) is 0 Å². The molecule has 0 aliphatic heterocycles. The smallest absolute Gasteiger partial charge is 0.325 e. The zero-order valence-corrected chi connectivity index (χ0v) is 13.0. The second-order valence-corrected chi connectivity index (χ2v) is 5.62. The Morgan fingerprint density at radius 1 is 1.30 bits per heavy atom. The van der Waals surface area contributed by atoms with Crippen LogP contribution in [0.25, 0.3) is 0 Å². The molecule has 0 spiro atoms. The third-order valence-electron chi connectivity index (χ3n) is 3.57. The summed E-state index contributed by atoms with van der Waals surface area (Å²) in [7, 11) is 3.45. The summed E-state index contributed by atoms with van der Waals surface area (Å²) in [6, 6.07) is 8.47. The van der Waals surface area contributed by atoms with Gasteiger partial charge < -0.3 is 15.4 Å². The fourth-order valence-electron chi connectivity index (χ4n) is 2.10. The number of methoxy groups -OCH3 is 1. The fraction of sp³-hybridized carbons (Fsp3) is 0.562. The molecule has 1 rings (SSSR count). The van der Waals surface area contributed by atoms with Crippen LogP contribution < -0.4 is 10.6 Å². The summed E-state index contributed by atoms with van der Waals surface area (Å²) in [5, 5.41) is 0. The summed E-state index contributed by atoms with van der Waals surface area (Å²) >= 11 is 0. The zero-order chi connectivity index (χ0) is 15.2. The molecule has 20 heavy (non-hydrogen) atoms. The minimum Gasteiger partial charge on any atom is -0.468 e. The summed E-state index contributed by atoms with van der Waals surface area (Å²) in [4.78, 5) is 13.7. The number of esters is 1. The van der Waals surface area contributed by atoms with E-state index in [9.17, 15) is 4.79 Å². The number of anilines is 1. The fourth-order valence-corrected chi connectivity index (χ4v) is 2.10. The third kappa shape index (κ3) is 4.85. The molecule has 4 nitrogen and oxygen atoms in total. The van der Waals surface area contributed by atoms with Gasteiger partial charge in [-0.1, -0.05) is 17.7 Å². The van der Waals surface area contributed by atoms with Crippen LogP contribution in [0.15, 0.2) is 24.3 Å². The second kappa shape index (κ2) is 7.29. The molecule has 0 heterocycles. The van der Waals surface area contributed by atoms with Crippen LogP contribution in [0.3, 0.4) is 0 Å². The molecule has 0 radical (unpaired) electrons. The van der Waals surface area contributed by atoms with Crippen LogP contribution in [0.4, 0.5) is 5.69 Å². The summed E-state index contributed by atoms with van der Waals surface area (Å²) in [5.74, 6) is -0.343. The van der Waals surface area contributed by atoms with E-state index in [1.54, 1.807) is 6.92 Å². The van der Waals surface area contributed by atoms with Gasteiger partial charge in [-0.05, 0) is 45.2 Å². The molecule has 0 bridgehead atoms. The molecule has 0 aliphatic carbocycles. The van der Waals surface area contributed by atoms with E-state index in [0.717, 1.165) is 19.4 Å². The molecule has 1 aromatic carbocycles. The van der Waals surface area contributed by atoms with E-state index in [4.69, 9.17) is 10.5 Å². The van der Waals surface area contributed by atoms with Crippen molar-refractivity contribution < 1.29 is 9.53 Å². The first-order valence-electron chi connectivity index (χ1n) is 7.02. The number of aryl methyl sites for hydroxylation is 1. The van der Waals surface area contributed by atoms with Crippen molar-refractivity contribution in [3.05, 3.63) is 29.8 Å². The minimum absolute atomic E-state index is 0.343. The van der Waals surface area contributed by atoms with Crippen LogP contribution in [0.1, 0.15) is 31.7 Å². The molecule has 1 aromatic rings. The molecule has 0 aliphatic rings. The number of benzene rings is 1. The van der Waals surface area contributed by atoms with Crippen molar-refractivity contribution in [3.8, 4) is 0 Å². The van der Waals surface area contributed by atoms with Gasteiger partial charge in [0.15, 0.2) is 0 Å². The Morgan fingerprint density at radius 2 is 1.90 bits per heavy atom. The Balaban J connectivity index is 2.34. The highest BCUT2D eigenvalue weighted by molar-refractivity contribution is 5.79. The molecule has 0 amide bonds. The number of unbranched alkanes of at least 4 members (excludes halogenated alkanes) is 1. The van der Waals surface area contributed by atoms with Gasteiger partial charge in [-0.3, -0.25) is 4.79 Å². The Kier molecular flexibility index (Phi) is 6.02. The first-order valence-corrected chi connectivity index (χ1v) is 7.02. The maximum absolute atomic E-state index is 11.5. The average molecular weight is 278 g/mol. The Labute approximate surface area is 121 Å². The number of rotatable bonds is 7. The highest BCUT2D eigenvalue weighted by Crippen LogP contribution is 2.16. The number of carbonyl (C=O) groups is 1. The molecular formula is C16H26N2O2. The van der Waals surface area contributed by atoms with Gasteiger partial charge >= 0.3 is 5.97 Å². The van der Waals surface area contributed by atoms with E-state index in [-0.39, 0.29) is 5.97 Å². The van der Waals surface area contributed by atoms with Crippen LogP contribution in [0.2, 0.25) is 0 Å². The van der Waals surface area contributed by atoms with Crippen LogP contribution in [0, 0.1) is 6.92 Å². The van der Waals surface area contributed by atoms with E-state index >= 15 is 0 Å². The van der Waals surface area contributed by atoms with Gasteiger partial charge in [-0.15, -0.1) is 0 Å². The van der Waals surface area contributed by atoms with Crippen LogP contribution in [0.5, 0.6) is 0 Å². The van der Waals surface area contributed by atoms with Crippen molar-refractivity contribution in [1.82, 2.24) is 0 Å².